The number of aromatic nitrogens is 2. The molecule has 0 bridgehead atoms. The first-order valence-corrected chi connectivity index (χ1v) is 6.11. The molecule has 19 heavy (non-hydrogen) atoms. The van der Waals surface area contributed by atoms with Crippen molar-refractivity contribution in [2.45, 2.75) is 0 Å². The van der Waals surface area contributed by atoms with Crippen LogP contribution in [0, 0.1) is 0 Å². The molecule has 4 aromatic rings. The van der Waals surface area contributed by atoms with Crippen LogP contribution in [0.5, 0.6) is 0 Å². The summed E-state index contributed by atoms with van der Waals surface area (Å²) in [6.07, 6.45) is 3.56. The third-order valence-electron chi connectivity index (χ3n) is 3.20. The van der Waals surface area contributed by atoms with Crippen LogP contribution < -0.4 is 0 Å². The summed E-state index contributed by atoms with van der Waals surface area (Å²) in [6.45, 7) is 0. The molecule has 0 saturated heterocycles. The summed E-state index contributed by atoms with van der Waals surface area (Å²) in [6, 6.07) is 15.8. The first kappa shape index (κ1) is 10.3. The maximum atomic E-state index is 5.94. The summed E-state index contributed by atoms with van der Waals surface area (Å²) in [5.74, 6) is 0. The largest absolute Gasteiger partial charge is 0.454 e. The second kappa shape index (κ2) is 3.92. The molecule has 0 radical (unpaired) electrons. The Morgan fingerprint density at radius 3 is 2.53 bits per heavy atom. The van der Waals surface area contributed by atoms with Crippen LogP contribution in [0.1, 0.15) is 0 Å². The van der Waals surface area contributed by atoms with E-state index in [9.17, 15) is 0 Å². The van der Waals surface area contributed by atoms with E-state index >= 15 is 0 Å². The monoisotopic (exact) mass is 246 g/mol. The van der Waals surface area contributed by atoms with Gasteiger partial charge in [-0.25, -0.2) is 0 Å². The van der Waals surface area contributed by atoms with Gasteiger partial charge in [0.1, 0.15) is 11.3 Å². The standard InChI is InChI=1S/C16H10N2O/c1-2-7-14-11(5-1)12-8-10-18-15(16(12)19-14)13-6-3-4-9-17-13/h1-10H. The number of rotatable bonds is 1. The topological polar surface area (TPSA) is 38.9 Å². The van der Waals surface area contributed by atoms with Crippen molar-refractivity contribution in [3.05, 3.63) is 60.9 Å². The lowest BCUT2D eigenvalue weighted by atomic mass is 10.1. The summed E-state index contributed by atoms with van der Waals surface area (Å²) < 4.78 is 5.94. The van der Waals surface area contributed by atoms with Gasteiger partial charge in [0.05, 0.1) is 5.69 Å². The summed E-state index contributed by atoms with van der Waals surface area (Å²) >= 11 is 0. The Labute approximate surface area is 109 Å². The van der Waals surface area contributed by atoms with Crippen LogP contribution >= 0.6 is 0 Å². The highest BCUT2D eigenvalue weighted by molar-refractivity contribution is 6.08. The zero-order valence-electron chi connectivity index (χ0n) is 10.1. The van der Waals surface area contributed by atoms with Crippen LogP contribution in [-0.4, -0.2) is 9.97 Å². The van der Waals surface area contributed by atoms with Gasteiger partial charge >= 0.3 is 0 Å². The van der Waals surface area contributed by atoms with E-state index in [4.69, 9.17) is 4.42 Å². The molecule has 0 atom stereocenters. The van der Waals surface area contributed by atoms with Gasteiger partial charge in [0, 0.05) is 23.2 Å². The molecule has 0 fully saturated rings. The third kappa shape index (κ3) is 1.52. The Hall–Kier alpha value is -2.68. The van der Waals surface area contributed by atoms with Crippen molar-refractivity contribution in [2.75, 3.05) is 0 Å². The van der Waals surface area contributed by atoms with Crippen molar-refractivity contribution < 1.29 is 4.42 Å². The van der Waals surface area contributed by atoms with Crippen molar-refractivity contribution in [3.8, 4) is 11.4 Å². The Bertz CT molecular complexity index is 866. The van der Waals surface area contributed by atoms with Gasteiger partial charge in [-0.1, -0.05) is 24.3 Å². The van der Waals surface area contributed by atoms with Gasteiger partial charge < -0.3 is 4.42 Å². The number of para-hydroxylation sites is 1. The van der Waals surface area contributed by atoms with Crippen LogP contribution in [0.2, 0.25) is 0 Å². The van der Waals surface area contributed by atoms with Crippen LogP contribution in [-0.2, 0) is 0 Å². The number of benzene rings is 1. The van der Waals surface area contributed by atoms with Crippen LogP contribution in [0.15, 0.2) is 65.3 Å². The molecule has 0 amide bonds. The number of hydrogen-bond acceptors (Lipinski definition) is 3. The van der Waals surface area contributed by atoms with Gasteiger partial charge in [0.25, 0.3) is 0 Å². The SMILES string of the molecule is c1ccc(-c2nccc3c2oc2ccccc23)nc1. The lowest BCUT2D eigenvalue weighted by molar-refractivity contribution is 0.668. The Balaban J connectivity index is 2.13. The number of pyridine rings is 2. The van der Waals surface area contributed by atoms with Crippen molar-refractivity contribution >= 4 is 21.9 Å². The van der Waals surface area contributed by atoms with E-state index in [2.05, 4.69) is 16.0 Å². The highest BCUT2D eigenvalue weighted by Gasteiger charge is 2.12. The lowest BCUT2D eigenvalue weighted by Crippen LogP contribution is -1.86. The average molecular weight is 246 g/mol. The van der Waals surface area contributed by atoms with Crippen molar-refractivity contribution in [2.24, 2.45) is 0 Å². The second-order valence-electron chi connectivity index (χ2n) is 4.35. The fraction of sp³-hybridized carbons (Fsp3) is 0. The molecule has 3 heterocycles. The second-order valence-corrected chi connectivity index (χ2v) is 4.35. The van der Waals surface area contributed by atoms with Crippen molar-refractivity contribution in [3.63, 3.8) is 0 Å². The van der Waals surface area contributed by atoms with E-state index in [-0.39, 0.29) is 0 Å². The molecule has 0 N–H and O–H groups in total. The zero-order valence-corrected chi connectivity index (χ0v) is 10.1. The predicted octanol–water partition coefficient (Wildman–Crippen LogP) is 4.04. The molecule has 0 unspecified atom stereocenters. The number of furan rings is 1. The summed E-state index contributed by atoms with van der Waals surface area (Å²) in [5, 5.41) is 2.18. The fourth-order valence-electron chi connectivity index (χ4n) is 2.34. The van der Waals surface area contributed by atoms with Gasteiger partial charge in [-0.3, -0.25) is 9.97 Å². The zero-order chi connectivity index (χ0) is 12.7. The summed E-state index contributed by atoms with van der Waals surface area (Å²) in [7, 11) is 0. The van der Waals surface area contributed by atoms with Gasteiger partial charge in [-0.2, -0.15) is 0 Å². The number of fused-ring (bicyclic) bond motifs is 3. The molecule has 3 heteroatoms. The molecule has 4 rings (SSSR count). The quantitative estimate of drug-likeness (QED) is 0.508. The van der Waals surface area contributed by atoms with Crippen LogP contribution in [0.25, 0.3) is 33.3 Å². The molecule has 1 aromatic carbocycles. The Morgan fingerprint density at radius 2 is 1.63 bits per heavy atom. The van der Waals surface area contributed by atoms with Gasteiger partial charge in [-0.05, 0) is 24.3 Å². The minimum atomic E-state index is 0.786. The third-order valence-corrected chi connectivity index (χ3v) is 3.20. The van der Waals surface area contributed by atoms with Crippen molar-refractivity contribution in [1.29, 1.82) is 0 Å². The summed E-state index contributed by atoms with van der Waals surface area (Å²) in [5.41, 5.74) is 3.28. The predicted molar refractivity (Wildman–Crippen MR) is 74.7 cm³/mol. The highest BCUT2D eigenvalue weighted by atomic mass is 16.3. The van der Waals surface area contributed by atoms with E-state index in [0.29, 0.717) is 0 Å². The molecule has 0 spiro atoms. The van der Waals surface area contributed by atoms with E-state index in [0.717, 1.165) is 33.3 Å². The van der Waals surface area contributed by atoms with Gasteiger partial charge in [0.15, 0.2) is 5.58 Å². The normalized spacial score (nSPS) is 11.2. The van der Waals surface area contributed by atoms with E-state index in [1.807, 2.05) is 42.5 Å². The lowest BCUT2D eigenvalue weighted by Gasteiger charge is -1.99. The first-order valence-electron chi connectivity index (χ1n) is 6.11. The highest BCUT2D eigenvalue weighted by Crippen LogP contribution is 2.33. The fourth-order valence-corrected chi connectivity index (χ4v) is 2.34. The van der Waals surface area contributed by atoms with Gasteiger partial charge in [-0.15, -0.1) is 0 Å². The Kier molecular flexibility index (Phi) is 2.12. The molecule has 3 nitrogen and oxygen atoms in total. The molecule has 3 aromatic heterocycles. The van der Waals surface area contributed by atoms with E-state index in [1.54, 1.807) is 12.4 Å². The van der Waals surface area contributed by atoms with E-state index < -0.39 is 0 Å². The molecule has 0 saturated carbocycles. The molecule has 0 aliphatic heterocycles. The average Bonchev–Trinajstić information content (AvgIpc) is 2.87. The summed E-state index contributed by atoms with van der Waals surface area (Å²) in [4.78, 5) is 8.76. The Morgan fingerprint density at radius 1 is 0.737 bits per heavy atom. The van der Waals surface area contributed by atoms with Gasteiger partial charge in [0.2, 0.25) is 0 Å². The van der Waals surface area contributed by atoms with Crippen molar-refractivity contribution in [1.82, 2.24) is 9.97 Å². The van der Waals surface area contributed by atoms with Crippen LogP contribution in [0.4, 0.5) is 0 Å². The maximum Gasteiger partial charge on any atom is 0.163 e. The number of hydrogen-bond donors (Lipinski definition) is 0. The minimum Gasteiger partial charge on any atom is -0.454 e. The maximum absolute atomic E-state index is 5.94. The first-order chi connectivity index (χ1) is 9.43. The van der Waals surface area contributed by atoms with Crippen LogP contribution in [0.3, 0.4) is 0 Å². The number of nitrogens with zero attached hydrogens (tertiary/aromatic N) is 2. The molecule has 0 aliphatic carbocycles. The smallest absolute Gasteiger partial charge is 0.163 e. The molecule has 90 valence electrons. The van der Waals surface area contributed by atoms with E-state index in [1.165, 1.54) is 0 Å². The molecular formula is C16H10N2O. The molecular weight excluding hydrogens is 236 g/mol. The molecule has 0 aliphatic rings. The minimum absolute atomic E-state index is 0.786.